The Bertz CT molecular complexity index is 404. The summed E-state index contributed by atoms with van der Waals surface area (Å²) < 4.78 is 0. The van der Waals surface area contributed by atoms with Gasteiger partial charge in [0, 0.05) is 19.3 Å². The summed E-state index contributed by atoms with van der Waals surface area (Å²) in [4.78, 5) is 29.2. The second kappa shape index (κ2) is 8.20. The van der Waals surface area contributed by atoms with Gasteiger partial charge >= 0.3 is 11.8 Å². The molecule has 0 aliphatic carbocycles. The van der Waals surface area contributed by atoms with Gasteiger partial charge in [0.15, 0.2) is 0 Å². The van der Waals surface area contributed by atoms with Crippen LogP contribution in [-0.4, -0.2) is 47.9 Å². The monoisotopic (exact) mass is 264 g/mol. The molecule has 2 N–H and O–H groups in total. The molecule has 6 nitrogen and oxygen atoms in total. The number of pyridine rings is 1. The molecule has 0 spiro atoms. The Hall–Kier alpha value is -1.95. The van der Waals surface area contributed by atoms with Crippen LogP contribution in [0.25, 0.3) is 0 Å². The minimum atomic E-state index is -0.696. The quantitative estimate of drug-likeness (QED) is 0.733. The van der Waals surface area contributed by atoms with E-state index < -0.39 is 11.8 Å². The van der Waals surface area contributed by atoms with Gasteiger partial charge in [0.05, 0.1) is 0 Å². The number of hydrogen-bond acceptors (Lipinski definition) is 4. The Morgan fingerprint density at radius 1 is 1.21 bits per heavy atom. The fourth-order valence-corrected chi connectivity index (χ4v) is 1.56. The maximum absolute atomic E-state index is 11.6. The molecule has 0 radical (unpaired) electrons. The number of anilines is 1. The molecule has 0 atom stereocenters. The summed E-state index contributed by atoms with van der Waals surface area (Å²) >= 11 is 0. The summed E-state index contributed by atoms with van der Waals surface area (Å²) in [6.07, 6.45) is 1.55. The largest absolute Gasteiger partial charge is 0.347 e. The van der Waals surface area contributed by atoms with Gasteiger partial charge in [-0.3, -0.25) is 9.59 Å². The Labute approximate surface area is 113 Å². The van der Waals surface area contributed by atoms with Crippen molar-refractivity contribution in [3.05, 3.63) is 24.4 Å². The van der Waals surface area contributed by atoms with E-state index in [9.17, 15) is 9.59 Å². The van der Waals surface area contributed by atoms with Gasteiger partial charge in [-0.2, -0.15) is 0 Å². The number of rotatable bonds is 6. The fourth-order valence-electron chi connectivity index (χ4n) is 1.56. The lowest BCUT2D eigenvalue weighted by Gasteiger charge is -2.17. The molecule has 6 heteroatoms. The van der Waals surface area contributed by atoms with Crippen molar-refractivity contribution in [2.75, 3.05) is 31.5 Å². The molecule has 1 aromatic rings. The first-order valence-corrected chi connectivity index (χ1v) is 6.40. The van der Waals surface area contributed by atoms with Crippen LogP contribution in [0.2, 0.25) is 0 Å². The molecule has 1 rings (SSSR count). The minimum Gasteiger partial charge on any atom is -0.347 e. The highest BCUT2D eigenvalue weighted by Gasteiger charge is 2.13. The smallest absolute Gasteiger partial charge is 0.314 e. The van der Waals surface area contributed by atoms with Gasteiger partial charge in [0.1, 0.15) is 5.82 Å². The van der Waals surface area contributed by atoms with E-state index >= 15 is 0 Å². The second-order valence-corrected chi connectivity index (χ2v) is 3.95. The Balaban J connectivity index is 2.31. The second-order valence-electron chi connectivity index (χ2n) is 3.95. The van der Waals surface area contributed by atoms with Gasteiger partial charge in [0.2, 0.25) is 0 Å². The van der Waals surface area contributed by atoms with Crippen molar-refractivity contribution in [1.82, 2.24) is 15.2 Å². The van der Waals surface area contributed by atoms with Crippen molar-refractivity contribution < 1.29 is 9.59 Å². The average molecular weight is 264 g/mol. The van der Waals surface area contributed by atoms with Crippen molar-refractivity contribution in [2.24, 2.45) is 0 Å². The normalized spacial score (nSPS) is 10.3. The maximum atomic E-state index is 11.6. The lowest BCUT2D eigenvalue weighted by atomic mass is 10.4. The maximum Gasteiger partial charge on any atom is 0.314 e. The van der Waals surface area contributed by atoms with E-state index in [-0.39, 0.29) is 0 Å². The third kappa shape index (κ3) is 5.48. The fraction of sp³-hybridized carbons (Fsp3) is 0.462. The molecule has 0 aliphatic rings. The number of amides is 2. The zero-order valence-electron chi connectivity index (χ0n) is 11.3. The third-order valence-electron chi connectivity index (χ3n) is 2.72. The van der Waals surface area contributed by atoms with Gasteiger partial charge in [-0.05, 0) is 25.2 Å². The van der Waals surface area contributed by atoms with Crippen molar-refractivity contribution in [2.45, 2.75) is 13.8 Å². The van der Waals surface area contributed by atoms with Crippen LogP contribution in [0.5, 0.6) is 0 Å². The molecule has 1 heterocycles. The summed E-state index contributed by atoms with van der Waals surface area (Å²) in [5.41, 5.74) is 0. The first kappa shape index (κ1) is 15.1. The molecular formula is C13H20N4O2. The summed E-state index contributed by atoms with van der Waals surface area (Å²) in [5, 5.41) is 5.01. The van der Waals surface area contributed by atoms with Crippen LogP contribution in [0.1, 0.15) is 13.8 Å². The molecule has 0 saturated heterocycles. The first-order chi connectivity index (χ1) is 9.17. The molecule has 0 bridgehead atoms. The van der Waals surface area contributed by atoms with Gasteiger partial charge in [0.25, 0.3) is 0 Å². The summed E-state index contributed by atoms with van der Waals surface area (Å²) in [6, 6.07) is 5.10. The summed E-state index contributed by atoms with van der Waals surface area (Å²) in [6.45, 7) is 7.14. The number of hydrogen-bond donors (Lipinski definition) is 2. The standard InChI is InChI=1S/C13H20N4O2/c1-3-17(4-2)10-9-15-12(18)13(19)16-11-7-5-6-8-14-11/h5-8H,3-4,9-10H2,1-2H3,(H,15,18)(H,14,16,19). The lowest BCUT2D eigenvalue weighted by Crippen LogP contribution is -2.40. The summed E-state index contributed by atoms with van der Waals surface area (Å²) in [7, 11) is 0. The number of carbonyl (C=O) groups is 2. The zero-order chi connectivity index (χ0) is 14.1. The van der Waals surface area contributed by atoms with Crippen molar-refractivity contribution in [3.63, 3.8) is 0 Å². The van der Waals surface area contributed by atoms with E-state index in [1.807, 2.05) is 0 Å². The average Bonchev–Trinajstić information content (AvgIpc) is 2.44. The summed E-state index contributed by atoms with van der Waals surface area (Å²) in [5.74, 6) is -0.970. The number of likely N-dealkylation sites (N-methyl/N-ethyl adjacent to an activating group) is 1. The first-order valence-electron chi connectivity index (χ1n) is 6.40. The van der Waals surface area contributed by atoms with Crippen LogP contribution in [-0.2, 0) is 9.59 Å². The van der Waals surface area contributed by atoms with E-state index in [4.69, 9.17) is 0 Å². The zero-order valence-corrected chi connectivity index (χ0v) is 11.3. The van der Waals surface area contributed by atoms with Crippen molar-refractivity contribution in [3.8, 4) is 0 Å². The van der Waals surface area contributed by atoms with E-state index in [0.29, 0.717) is 12.4 Å². The number of nitrogens with zero attached hydrogens (tertiary/aromatic N) is 2. The predicted molar refractivity (Wildman–Crippen MR) is 73.7 cm³/mol. The number of aromatic nitrogens is 1. The van der Waals surface area contributed by atoms with Crippen LogP contribution in [0.3, 0.4) is 0 Å². The molecule has 0 aliphatic heterocycles. The van der Waals surface area contributed by atoms with E-state index in [2.05, 4.69) is 34.4 Å². The Kier molecular flexibility index (Phi) is 6.52. The van der Waals surface area contributed by atoms with Crippen LogP contribution >= 0.6 is 0 Å². The predicted octanol–water partition coefficient (Wildman–Crippen LogP) is 0.478. The third-order valence-corrected chi connectivity index (χ3v) is 2.72. The van der Waals surface area contributed by atoms with Gasteiger partial charge < -0.3 is 15.5 Å². The van der Waals surface area contributed by atoms with Crippen LogP contribution in [0.15, 0.2) is 24.4 Å². The highest BCUT2D eigenvalue weighted by Crippen LogP contribution is 1.98. The SMILES string of the molecule is CCN(CC)CCNC(=O)C(=O)Nc1ccccn1. The Morgan fingerprint density at radius 3 is 2.53 bits per heavy atom. The molecule has 0 unspecified atom stereocenters. The molecule has 104 valence electrons. The van der Waals surface area contributed by atoms with Gasteiger partial charge in [-0.15, -0.1) is 0 Å². The van der Waals surface area contributed by atoms with Crippen molar-refractivity contribution in [1.29, 1.82) is 0 Å². The molecule has 0 fully saturated rings. The number of nitrogens with one attached hydrogen (secondary N) is 2. The highest BCUT2D eigenvalue weighted by molar-refractivity contribution is 6.39. The molecule has 19 heavy (non-hydrogen) atoms. The molecule has 1 aromatic heterocycles. The molecular weight excluding hydrogens is 244 g/mol. The van der Waals surface area contributed by atoms with E-state index in [1.54, 1.807) is 24.4 Å². The van der Waals surface area contributed by atoms with E-state index in [0.717, 1.165) is 19.6 Å². The molecule has 0 saturated carbocycles. The van der Waals surface area contributed by atoms with Crippen LogP contribution in [0.4, 0.5) is 5.82 Å². The molecule has 0 aromatic carbocycles. The van der Waals surface area contributed by atoms with Crippen molar-refractivity contribution >= 4 is 17.6 Å². The molecule has 2 amide bonds. The highest BCUT2D eigenvalue weighted by atomic mass is 16.2. The minimum absolute atomic E-state index is 0.367. The Morgan fingerprint density at radius 2 is 1.95 bits per heavy atom. The topological polar surface area (TPSA) is 74.3 Å². The van der Waals surface area contributed by atoms with Gasteiger partial charge in [-0.1, -0.05) is 19.9 Å². The van der Waals surface area contributed by atoms with Gasteiger partial charge in [-0.25, -0.2) is 4.98 Å². The van der Waals surface area contributed by atoms with Crippen LogP contribution < -0.4 is 10.6 Å². The lowest BCUT2D eigenvalue weighted by molar-refractivity contribution is -0.136. The van der Waals surface area contributed by atoms with Crippen LogP contribution in [0, 0.1) is 0 Å². The van der Waals surface area contributed by atoms with E-state index in [1.165, 1.54) is 0 Å². The number of carbonyl (C=O) groups excluding carboxylic acids is 2.